The van der Waals surface area contributed by atoms with Gasteiger partial charge in [-0.2, -0.15) is 0 Å². The van der Waals surface area contributed by atoms with E-state index in [1.165, 1.54) is 0 Å². The Morgan fingerprint density at radius 1 is 1.41 bits per heavy atom. The molecule has 2 saturated carbocycles. The fourth-order valence-corrected chi connectivity index (χ4v) is 3.14. The summed E-state index contributed by atoms with van der Waals surface area (Å²) < 4.78 is 32.4. The third-order valence-electron chi connectivity index (χ3n) is 4.28. The second kappa shape index (κ2) is 4.19. The second-order valence-electron chi connectivity index (χ2n) is 5.18. The first-order chi connectivity index (χ1) is 7.94. The van der Waals surface area contributed by atoms with Crippen molar-refractivity contribution in [3.8, 4) is 0 Å². The Morgan fingerprint density at radius 3 is 2.53 bits per heavy atom. The molecule has 5 heteroatoms. The van der Waals surface area contributed by atoms with E-state index in [4.69, 9.17) is 10.5 Å². The molecule has 3 nitrogen and oxygen atoms in total. The van der Waals surface area contributed by atoms with Gasteiger partial charge in [0.1, 0.15) is 0 Å². The summed E-state index contributed by atoms with van der Waals surface area (Å²) in [7, 11) is 0. The summed E-state index contributed by atoms with van der Waals surface area (Å²) in [5.74, 6) is -4.05. The summed E-state index contributed by atoms with van der Waals surface area (Å²) in [4.78, 5) is 11.3. The van der Waals surface area contributed by atoms with Gasteiger partial charge >= 0.3 is 5.97 Å². The van der Waals surface area contributed by atoms with Crippen molar-refractivity contribution in [3.63, 3.8) is 0 Å². The van der Waals surface area contributed by atoms with Gasteiger partial charge in [0.15, 0.2) is 0 Å². The van der Waals surface area contributed by atoms with Gasteiger partial charge in [-0.3, -0.25) is 4.79 Å². The van der Waals surface area contributed by atoms with Gasteiger partial charge < -0.3 is 10.5 Å². The van der Waals surface area contributed by atoms with Gasteiger partial charge in [-0.25, -0.2) is 8.78 Å². The molecular weight excluding hydrogens is 228 g/mol. The number of alkyl halides is 2. The minimum Gasteiger partial charge on any atom is -0.466 e. The van der Waals surface area contributed by atoms with Crippen LogP contribution in [0.2, 0.25) is 0 Å². The Bertz CT molecular complexity index is 312. The molecular formula is C12H19F2NO2. The number of esters is 1. The summed E-state index contributed by atoms with van der Waals surface area (Å²) in [6.07, 6.45) is 1.98. The van der Waals surface area contributed by atoms with E-state index >= 15 is 0 Å². The molecule has 0 heterocycles. The van der Waals surface area contributed by atoms with Crippen LogP contribution in [-0.2, 0) is 9.53 Å². The normalized spacial score (nSPS) is 39.1. The lowest BCUT2D eigenvalue weighted by Crippen LogP contribution is -2.30. The molecule has 1 atom stereocenters. The maximum atomic E-state index is 13.8. The van der Waals surface area contributed by atoms with Crippen molar-refractivity contribution < 1.29 is 18.3 Å². The number of halogens is 2. The number of ether oxygens (including phenoxy) is 1. The number of rotatable bonds is 3. The van der Waals surface area contributed by atoms with E-state index in [1.807, 2.05) is 0 Å². The predicted octanol–water partition coefficient (Wildman–Crippen LogP) is 2.09. The monoisotopic (exact) mass is 247 g/mol. The summed E-state index contributed by atoms with van der Waals surface area (Å²) in [5, 5.41) is 0. The smallest absolute Gasteiger partial charge is 0.306 e. The van der Waals surface area contributed by atoms with Crippen molar-refractivity contribution in [1.29, 1.82) is 0 Å². The van der Waals surface area contributed by atoms with Crippen LogP contribution in [0.4, 0.5) is 8.78 Å². The van der Waals surface area contributed by atoms with E-state index in [0.717, 1.165) is 0 Å². The predicted molar refractivity (Wildman–Crippen MR) is 58.6 cm³/mol. The third kappa shape index (κ3) is 1.94. The molecule has 1 unspecified atom stereocenters. The van der Waals surface area contributed by atoms with Crippen molar-refractivity contribution in [1.82, 2.24) is 0 Å². The molecule has 0 amide bonds. The molecule has 0 radical (unpaired) electrons. The number of hydrogen-bond acceptors (Lipinski definition) is 3. The average molecular weight is 247 g/mol. The Morgan fingerprint density at radius 2 is 2.00 bits per heavy atom. The van der Waals surface area contributed by atoms with Gasteiger partial charge in [-0.15, -0.1) is 0 Å². The second-order valence-corrected chi connectivity index (χ2v) is 5.18. The van der Waals surface area contributed by atoms with Crippen LogP contribution in [0.25, 0.3) is 0 Å². The standard InChI is InChI=1S/C12H19F2NO2/c1-2-17-10(16)7-9-11(12(9,13)14)5-3-8(15)4-6-11/h8-9H,2-7,15H2,1H3. The van der Waals surface area contributed by atoms with Crippen LogP contribution in [0.5, 0.6) is 0 Å². The molecule has 2 N–H and O–H groups in total. The molecule has 0 aliphatic heterocycles. The maximum absolute atomic E-state index is 13.8. The zero-order valence-corrected chi connectivity index (χ0v) is 10.0. The van der Waals surface area contributed by atoms with Crippen molar-refractivity contribution in [2.45, 2.75) is 51.0 Å². The van der Waals surface area contributed by atoms with Gasteiger partial charge in [0.2, 0.25) is 0 Å². The minimum absolute atomic E-state index is 0.0419. The van der Waals surface area contributed by atoms with Crippen LogP contribution in [0, 0.1) is 11.3 Å². The van der Waals surface area contributed by atoms with Crippen molar-refractivity contribution in [3.05, 3.63) is 0 Å². The number of carbonyl (C=O) groups is 1. The van der Waals surface area contributed by atoms with Crippen molar-refractivity contribution in [2.75, 3.05) is 6.61 Å². The highest BCUT2D eigenvalue weighted by Crippen LogP contribution is 2.73. The number of nitrogens with two attached hydrogens (primary N) is 1. The lowest BCUT2D eigenvalue weighted by atomic mass is 9.81. The first-order valence-electron chi connectivity index (χ1n) is 6.23. The van der Waals surface area contributed by atoms with Crippen LogP contribution < -0.4 is 5.73 Å². The Balaban J connectivity index is 1.98. The van der Waals surface area contributed by atoms with E-state index < -0.39 is 23.2 Å². The highest BCUT2D eigenvalue weighted by molar-refractivity contribution is 5.70. The van der Waals surface area contributed by atoms with Crippen LogP contribution in [0.1, 0.15) is 39.0 Å². The molecule has 2 rings (SSSR count). The highest BCUT2D eigenvalue weighted by Gasteiger charge is 2.79. The van der Waals surface area contributed by atoms with Gasteiger partial charge in [0, 0.05) is 17.4 Å². The zero-order valence-electron chi connectivity index (χ0n) is 10.0. The van der Waals surface area contributed by atoms with Crippen LogP contribution >= 0.6 is 0 Å². The highest BCUT2D eigenvalue weighted by atomic mass is 19.3. The summed E-state index contributed by atoms with van der Waals surface area (Å²) in [6, 6.07) is 0.0419. The molecule has 2 aliphatic rings. The molecule has 0 bridgehead atoms. The van der Waals surface area contributed by atoms with Gasteiger partial charge in [0.25, 0.3) is 5.92 Å². The quantitative estimate of drug-likeness (QED) is 0.777. The van der Waals surface area contributed by atoms with E-state index in [0.29, 0.717) is 25.7 Å². The first kappa shape index (κ1) is 12.7. The lowest BCUT2D eigenvalue weighted by Gasteiger charge is -2.26. The molecule has 17 heavy (non-hydrogen) atoms. The van der Waals surface area contributed by atoms with Crippen molar-refractivity contribution in [2.24, 2.45) is 17.1 Å². The fraction of sp³-hybridized carbons (Fsp3) is 0.917. The molecule has 2 fully saturated rings. The van der Waals surface area contributed by atoms with E-state index in [9.17, 15) is 13.6 Å². The fourth-order valence-electron chi connectivity index (χ4n) is 3.14. The van der Waals surface area contributed by atoms with Gasteiger partial charge in [-0.05, 0) is 32.6 Å². The minimum atomic E-state index is -2.71. The average Bonchev–Trinajstić information content (AvgIpc) is 2.70. The molecule has 2 aliphatic carbocycles. The van der Waals surface area contributed by atoms with Crippen LogP contribution in [-0.4, -0.2) is 24.5 Å². The summed E-state index contributed by atoms with van der Waals surface area (Å²) in [6.45, 7) is 1.92. The van der Waals surface area contributed by atoms with E-state index in [-0.39, 0.29) is 19.1 Å². The molecule has 1 spiro atoms. The van der Waals surface area contributed by atoms with Crippen molar-refractivity contribution >= 4 is 5.97 Å². The molecule has 0 saturated heterocycles. The maximum Gasteiger partial charge on any atom is 0.306 e. The molecule has 0 aromatic rings. The molecule has 98 valence electrons. The first-order valence-corrected chi connectivity index (χ1v) is 6.23. The third-order valence-corrected chi connectivity index (χ3v) is 4.28. The topological polar surface area (TPSA) is 52.3 Å². The Labute approximate surface area is 99.7 Å². The largest absolute Gasteiger partial charge is 0.466 e. The van der Waals surface area contributed by atoms with E-state index in [2.05, 4.69) is 0 Å². The number of carbonyl (C=O) groups excluding carboxylic acids is 1. The van der Waals surface area contributed by atoms with Gasteiger partial charge in [-0.1, -0.05) is 0 Å². The lowest BCUT2D eigenvalue weighted by molar-refractivity contribution is -0.144. The summed E-state index contributed by atoms with van der Waals surface area (Å²) in [5.41, 5.74) is 4.77. The summed E-state index contributed by atoms with van der Waals surface area (Å²) >= 11 is 0. The van der Waals surface area contributed by atoms with Crippen LogP contribution in [0.15, 0.2) is 0 Å². The molecule has 0 aromatic heterocycles. The van der Waals surface area contributed by atoms with E-state index in [1.54, 1.807) is 6.92 Å². The van der Waals surface area contributed by atoms with Gasteiger partial charge in [0.05, 0.1) is 13.0 Å². The van der Waals surface area contributed by atoms with Crippen LogP contribution in [0.3, 0.4) is 0 Å². The Kier molecular flexibility index (Phi) is 3.14. The molecule has 0 aromatic carbocycles. The number of hydrogen-bond donors (Lipinski definition) is 1. The SMILES string of the molecule is CCOC(=O)CC1C(F)(F)C12CCC(N)CC2. The Hall–Kier alpha value is -0.710. The zero-order chi connectivity index (χ0) is 12.7.